The van der Waals surface area contributed by atoms with Crippen molar-refractivity contribution < 1.29 is 9.21 Å². The van der Waals surface area contributed by atoms with E-state index in [0.29, 0.717) is 23.5 Å². The Morgan fingerprint density at radius 2 is 2.09 bits per heavy atom. The van der Waals surface area contributed by atoms with Gasteiger partial charge in [0.15, 0.2) is 17.2 Å². The van der Waals surface area contributed by atoms with E-state index in [9.17, 15) is 4.79 Å². The van der Waals surface area contributed by atoms with Crippen LogP contribution < -0.4 is 11.1 Å². The largest absolute Gasteiger partial charge is 0.443 e. The van der Waals surface area contributed by atoms with Gasteiger partial charge < -0.3 is 19.9 Å². The molecule has 0 saturated carbocycles. The zero-order chi connectivity index (χ0) is 22.9. The van der Waals surface area contributed by atoms with Crippen LogP contribution in [0.3, 0.4) is 0 Å². The number of nitrogens with two attached hydrogens (primary N) is 1. The molecule has 1 amide bonds. The Morgan fingerprint density at radius 1 is 1.21 bits per heavy atom. The average molecular weight is 444 g/mol. The summed E-state index contributed by atoms with van der Waals surface area (Å²) in [5.41, 5.74) is 9.34. The highest BCUT2D eigenvalue weighted by Gasteiger charge is 2.23. The molecule has 33 heavy (non-hydrogen) atoms. The third-order valence-corrected chi connectivity index (χ3v) is 5.05. The molecule has 166 valence electrons. The number of hydrogen-bond donors (Lipinski definition) is 2. The summed E-state index contributed by atoms with van der Waals surface area (Å²) >= 11 is 0. The number of nitrogens with zero attached hydrogens (tertiary/aromatic N) is 8. The molecule has 5 aromatic heterocycles. The molecule has 0 aliphatic heterocycles. The normalized spacial score (nSPS) is 12.2. The van der Waals surface area contributed by atoms with Crippen molar-refractivity contribution in [3.05, 3.63) is 60.8 Å². The first-order valence-electron chi connectivity index (χ1n) is 10.2. The Morgan fingerprint density at radius 3 is 2.85 bits per heavy atom. The number of oxazole rings is 1. The van der Waals surface area contributed by atoms with E-state index in [0.717, 1.165) is 11.3 Å². The standard InChI is InChI=1S/C21H20N10O2/c1-12(10-30-7-5-25-29-30)26-20(32)18-19(22)28-17(21-23-6-8-33-21)16(27-18)14-3-4-15-24-9-13(2)31(15)11-14/h3-9,11-12H,10H2,1-2H3,(H2,22,28)(H,26,32). The van der Waals surface area contributed by atoms with E-state index in [4.69, 9.17) is 10.2 Å². The topological polar surface area (TPSA) is 155 Å². The fraction of sp³-hybridized carbons (Fsp3) is 0.190. The maximum absolute atomic E-state index is 13.0. The van der Waals surface area contributed by atoms with Gasteiger partial charge >= 0.3 is 0 Å². The van der Waals surface area contributed by atoms with Crippen molar-refractivity contribution in [1.29, 1.82) is 0 Å². The molecule has 3 N–H and O–H groups in total. The Labute approximate surface area is 187 Å². The number of carbonyl (C=O) groups excluding carboxylic acids is 1. The zero-order valence-corrected chi connectivity index (χ0v) is 17.9. The summed E-state index contributed by atoms with van der Waals surface area (Å²) in [5.74, 6) is -0.233. The number of nitrogens with one attached hydrogen (secondary N) is 1. The average Bonchev–Trinajstić information content (AvgIpc) is 3.56. The van der Waals surface area contributed by atoms with E-state index < -0.39 is 5.91 Å². The Hall–Kier alpha value is -4.61. The molecule has 0 saturated heterocycles. The molecule has 0 spiro atoms. The first kappa shape index (κ1) is 20.3. The van der Waals surface area contributed by atoms with E-state index in [1.165, 1.54) is 12.5 Å². The number of carbonyl (C=O) groups is 1. The Balaban J connectivity index is 1.55. The summed E-state index contributed by atoms with van der Waals surface area (Å²) in [6, 6.07) is 3.46. The van der Waals surface area contributed by atoms with Crippen molar-refractivity contribution in [2.24, 2.45) is 0 Å². The number of aryl methyl sites for hydroxylation is 1. The van der Waals surface area contributed by atoms with Gasteiger partial charge in [0.05, 0.1) is 18.9 Å². The molecule has 5 rings (SSSR count). The van der Waals surface area contributed by atoms with E-state index in [-0.39, 0.29) is 23.4 Å². The summed E-state index contributed by atoms with van der Waals surface area (Å²) in [6.07, 6.45) is 9.88. The summed E-state index contributed by atoms with van der Waals surface area (Å²) in [7, 11) is 0. The molecule has 5 aromatic rings. The number of anilines is 1. The van der Waals surface area contributed by atoms with E-state index in [1.807, 2.05) is 36.6 Å². The molecular weight excluding hydrogens is 424 g/mol. The fourth-order valence-corrected chi connectivity index (χ4v) is 3.50. The third-order valence-electron chi connectivity index (χ3n) is 5.05. The molecular formula is C21H20N10O2. The number of amides is 1. The minimum Gasteiger partial charge on any atom is -0.443 e. The van der Waals surface area contributed by atoms with Crippen LogP contribution in [-0.4, -0.2) is 51.3 Å². The lowest BCUT2D eigenvalue weighted by atomic mass is 10.1. The maximum atomic E-state index is 13.0. The smallest absolute Gasteiger partial charge is 0.274 e. The quantitative estimate of drug-likeness (QED) is 0.398. The monoisotopic (exact) mass is 444 g/mol. The Kier molecular flexibility index (Phi) is 5.01. The van der Waals surface area contributed by atoms with Crippen LogP contribution in [0.4, 0.5) is 5.82 Å². The molecule has 0 radical (unpaired) electrons. The highest BCUT2D eigenvalue weighted by molar-refractivity contribution is 5.98. The minimum atomic E-state index is -0.451. The van der Waals surface area contributed by atoms with Crippen LogP contribution in [0.25, 0.3) is 28.5 Å². The van der Waals surface area contributed by atoms with E-state index >= 15 is 0 Å². The van der Waals surface area contributed by atoms with Gasteiger partial charge in [0.25, 0.3) is 5.91 Å². The third kappa shape index (κ3) is 3.89. The number of rotatable bonds is 6. The molecule has 12 heteroatoms. The van der Waals surface area contributed by atoms with Gasteiger partial charge in [0.1, 0.15) is 17.6 Å². The molecule has 1 unspecified atom stereocenters. The highest BCUT2D eigenvalue weighted by atomic mass is 16.3. The zero-order valence-electron chi connectivity index (χ0n) is 17.9. The number of pyridine rings is 1. The molecule has 0 bridgehead atoms. The predicted octanol–water partition coefficient (Wildman–Crippen LogP) is 1.75. The van der Waals surface area contributed by atoms with Crippen molar-refractivity contribution in [3.8, 4) is 22.8 Å². The predicted molar refractivity (Wildman–Crippen MR) is 118 cm³/mol. The lowest BCUT2D eigenvalue weighted by Gasteiger charge is -2.15. The van der Waals surface area contributed by atoms with Crippen molar-refractivity contribution >= 4 is 17.4 Å². The number of fused-ring (bicyclic) bond motifs is 1. The summed E-state index contributed by atoms with van der Waals surface area (Å²) < 4.78 is 9.00. The van der Waals surface area contributed by atoms with Crippen molar-refractivity contribution in [1.82, 2.24) is 44.6 Å². The lowest BCUT2D eigenvalue weighted by Crippen LogP contribution is -2.37. The second-order valence-corrected chi connectivity index (χ2v) is 7.54. The van der Waals surface area contributed by atoms with Crippen LogP contribution in [0.5, 0.6) is 0 Å². The fourth-order valence-electron chi connectivity index (χ4n) is 3.50. The lowest BCUT2D eigenvalue weighted by molar-refractivity contribution is 0.0931. The van der Waals surface area contributed by atoms with Crippen LogP contribution >= 0.6 is 0 Å². The number of hydrogen-bond acceptors (Lipinski definition) is 9. The first-order valence-corrected chi connectivity index (χ1v) is 10.2. The molecule has 0 fully saturated rings. The van der Waals surface area contributed by atoms with Gasteiger partial charge in [-0.3, -0.25) is 9.48 Å². The van der Waals surface area contributed by atoms with E-state index in [1.54, 1.807) is 23.3 Å². The second-order valence-electron chi connectivity index (χ2n) is 7.54. The van der Waals surface area contributed by atoms with Gasteiger partial charge in [0, 0.05) is 35.9 Å². The molecule has 5 heterocycles. The Bertz CT molecular complexity index is 1420. The van der Waals surface area contributed by atoms with Crippen LogP contribution in [-0.2, 0) is 6.54 Å². The van der Waals surface area contributed by atoms with Crippen LogP contribution in [0.2, 0.25) is 0 Å². The van der Waals surface area contributed by atoms with Crippen LogP contribution in [0.15, 0.2) is 53.8 Å². The summed E-state index contributed by atoms with van der Waals surface area (Å²) in [4.78, 5) is 30.6. The number of imidazole rings is 1. The van der Waals surface area contributed by atoms with Gasteiger partial charge in [-0.25, -0.2) is 19.9 Å². The number of nitrogen functional groups attached to an aromatic ring is 1. The van der Waals surface area contributed by atoms with Gasteiger partial charge in [0.2, 0.25) is 5.89 Å². The van der Waals surface area contributed by atoms with E-state index in [2.05, 4.69) is 35.6 Å². The second kappa shape index (κ2) is 8.15. The molecule has 0 aliphatic carbocycles. The molecule has 1 atom stereocenters. The van der Waals surface area contributed by atoms with Gasteiger partial charge in [-0.15, -0.1) is 5.10 Å². The van der Waals surface area contributed by atoms with Crippen molar-refractivity contribution in [2.45, 2.75) is 26.4 Å². The maximum Gasteiger partial charge on any atom is 0.274 e. The highest BCUT2D eigenvalue weighted by Crippen LogP contribution is 2.30. The number of aromatic nitrogens is 8. The summed E-state index contributed by atoms with van der Waals surface area (Å²) in [5, 5.41) is 10.6. The van der Waals surface area contributed by atoms with Crippen LogP contribution in [0, 0.1) is 6.92 Å². The van der Waals surface area contributed by atoms with Crippen LogP contribution in [0.1, 0.15) is 23.1 Å². The molecule has 0 aromatic carbocycles. The van der Waals surface area contributed by atoms with Gasteiger partial charge in [-0.1, -0.05) is 5.21 Å². The SMILES string of the molecule is Cc1cnc2ccc(-c3nc(C(=O)NC(C)Cn4ccnn4)c(N)nc3-c3ncco3)cn12. The van der Waals surface area contributed by atoms with Crippen molar-refractivity contribution in [3.63, 3.8) is 0 Å². The summed E-state index contributed by atoms with van der Waals surface area (Å²) in [6.45, 7) is 4.24. The minimum absolute atomic E-state index is 0.00759. The van der Waals surface area contributed by atoms with Gasteiger partial charge in [-0.2, -0.15) is 0 Å². The molecule has 0 aliphatic rings. The molecule has 12 nitrogen and oxygen atoms in total. The van der Waals surface area contributed by atoms with Crippen molar-refractivity contribution in [2.75, 3.05) is 5.73 Å². The first-order chi connectivity index (χ1) is 16.0. The van der Waals surface area contributed by atoms with Gasteiger partial charge in [-0.05, 0) is 26.0 Å².